The number of hydrogen-bond donors (Lipinski definition) is 1. The molecule has 2 saturated heterocycles. The average molecular weight is 533 g/mol. The summed E-state index contributed by atoms with van der Waals surface area (Å²) in [5, 5.41) is 9.07. The van der Waals surface area contributed by atoms with Crippen molar-refractivity contribution in [2.75, 3.05) is 31.1 Å². The first-order chi connectivity index (χ1) is 17.5. The minimum atomic E-state index is -4.71. The fourth-order valence-corrected chi connectivity index (χ4v) is 5.57. The number of thiol groups is 1. The Hall–Kier alpha value is -2.74. The van der Waals surface area contributed by atoms with E-state index in [0.29, 0.717) is 19.6 Å². The molecule has 0 bridgehead atoms. The molecule has 2 fully saturated rings. The van der Waals surface area contributed by atoms with E-state index in [2.05, 4.69) is 29.7 Å². The van der Waals surface area contributed by atoms with Crippen molar-refractivity contribution in [3.05, 3.63) is 59.2 Å². The maximum atomic E-state index is 13.5. The largest absolute Gasteiger partial charge is 0.494 e. The zero-order valence-corrected chi connectivity index (χ0v) is 21.9. The Balaban J connectivity index is 1.37. The van der Waals surface area contributed by atoms with Crippen LogP contribution >= 0.6 is 12.6 Å². The molecule has 0 spiro atoms. The highest BCUT2D eigenvalue weighted by atomic mass is 32.1. The first-order valence-electron chi connectivity index (χ1n) is 12.4. The summed E-state index contributed by atoms with van der Waals surface area (Å²) >= 11 is 4.59. The second kappa shape index (κ2) is 10.9. The maximum Gasteiger partial charge on any atom is 0.417 e. The van der Waals surface area contributed by atoms with E-state index in [9.17, 15) is 18.0 Å². The van der Waals surface area contributed by atoms with Crippen LogP contribution in [0.5, 0.6) is 5.75 Å². The van der Waals surface area contributed by atoms with Crippen LogP contribution in [-0.4, -0.2) is 53.0 Å². The maximum absolute atomic E-state index is 13.5. The highest BCUT2D eigenvalue weighted by Crippen LogP contribution is 2.40. The summed E-state index contributed by atoms with van der Waals surface area (Å²) in [6, 6.07) is 12.9. The van der Waals surface area contributed by atoms with Crippen LogP contribution < -0.4 is 9.64 Å². The number of benzene rings is 2. The highest BCUT2D eigenvalue weighted by molar-refractivity contribution is 7.81. The number of rotatable bonds is 8. The monoisotopic (exact) mass is 532 g/mol. The SMILES string of the molecule is CC1(C)C(=O)N(c2ccc(C#N)c(C(F)(F)F)c2)C(S)N1CCCOc1ccc(CN2CCCC2)cc1. The fourth-order valence-electron chi connectivity index (χ4n) is 4.93. The van der Waals surface area contributed by atoms with Gasteiger partial charge < -0.3 is 4.74 Å². The smallest absolute Gasteiger partial charge is 0.417 e. The number of hydrogen-bond acceptors (Lipinski definition) is 6. The minimum absolute atomic E-state index is 0.0529. The number of halogens is 3. The lowest BCUT2D eigenvalue weighted by Crippen LogP contribution is -2.45. The van der Waals surface area contributed by atoms with E-state index < -0.39 is 28.3 Å². The van der Waals surface area contributed by atoms with Gasteiger partial charge in [0.1, 0.15) is 11.2 Å². The molecule has 2 heterocycles. The van der Waals surface area contributed by atoms with Gasteiger partial charge in [0.05, 0.1) is 29.3 Å². The van der Waals surface area contributed by atoms with Crippen molar-refractivity contribution in [2.45, 2.75) is 56.9 Å². The van der Waals surface area contributed by atoms with E-state index in [1.165, 1.54) is 29.4 Å². The number of nitriles is 1. The Morgan fingerprint density at radius 1 is 1.14 bits per heavy atom. The first-order valence-corrected chi connectivity index (χ1v) is 12.9. The summed E-state index contributed by atoms with van der Waals surface area (Å²) in [7, 11) is 0. The van der Waals surface area contributed by atoms with E-state index in [1.54, 1.807) is 19.9 Å². The van der Waals surface area contributed by atoms with Gasteiger partial charge in [0.25, 0.3) is 0 Å². The molecule has 37 heavy (non-hydrogen) atoms. The Morgan fingerprint density at radius 2 is 1.81 bits per heavy atom. The predicted molar refractivity (Wildman–Crippen MR) is 138 cm³/mol. The standard InChI is InChI=1S/C27H31F3N4O2S/c1-26(2)24(35)34(21-9-8-20(17-31)23(16-21)27(28,29)30)25(37)33(26)14-5-15-36-22-10-6-19(7-11-22)18-32-12-3-4-13-32/h6-11,16,25,37H,3-5,12-15,18H2,1-2H3. The van der Waals surface area contributed by atoms with Crippen LogP contribution in [0.4, 0.5) is 18.9 Å². The summed E-state index contributed by atoms with van der Waals surface area (Å²) in [6.07, 6.45) is -1.60. The van der Waals surface area contributed by atoms with Crippen LogP contribution in [0.1, 0.15) is 49.8 Å². The third kappa shape index (κ3) is 5.89. The summed E-state index contributed by atoms with van der Waals surface area (Å²) in [5.41, 5.74) is -2.00. The van der Waals surface area contributed by atoms with E-state index in [1.807, 2.05) is 17.0 Å². The fraction of sp³-hybridized carbons (Fsp3) is 0.481. The molecule has 198 valence electrons. The number of alkyl halides is 3. The normalized spacial score (nSPS) is 20.4. The minimum Gasteiger partial charge on any atom is -0.494 e. The molecule has 1 amide bonds. The molecule has 1 atom stereocenters. The molecule has 0 aliphatic carbocycles. The molecule has 2 aromatic carbocycles. The molecule has 10 heteroatoms. The van der Waals surface area contributed by atoms with Crippen molar-refractivity contribution in [1.29, 1.82) is 5.26 Å². The second-order valence-corrected chi connectivity index (χ2v) is 10.4. The number of nitrogens with zero attached hydrogens (tertiary/aromatic N) is 4. The van der Waals surface area contributed by atoms with Gasteiger partial charge in [-0.05, 0) is 82.1 Å². The van der Waals surface area contributed by atoms with Gasteiger partial charge in [-0.1, -0.05) is 12.1 Å². The number of ether oxygens (including phenoxy) is 1. The van der Waals surface area contributed by atoms with Crippen molar-refractivity contribution in [2.24, 2.45) is 0 Å². The van der Waals surface area contributed by atoms with Gasteiger partial charge in [-0.25, -0.2) is 0 Å². The molecule has 0 radical (unpaired) electrons. The van der Waals surface area contributed by atoms with Crippen LogP contribution in [0, 0.1) is 11.3 Å². The van der Waals surface area contributed by atoms with Gasteiger partial charge in [0, 0.05) is 18.8 Å². The van der Waals surface area contributed by atoms with Gasteiger partial charge in [0.2, 0.25) is 5.91 Å². The molecule has 1 unspecified atom stereocenters. The quantitative estimate of drug-likeness (QED) is 0.370. The summed E-state index contributed by atoms with van der Waals surface area (Å²) in [5.74, 6) is 0.406. The van der Waals surface area contributed by atoms with Crippen molar-refractivity contribution in [3.63, 3.8) is 0 Å². The molecular weight excluding hydrogens is 501 g/mol. The Kier molecular flexibility index (Phi) is 8.07. The zero-order chi connectivity index (χ0) is 26.8. The molecule has 2 aromatic rings. The molecule has 2 aliphatic rings. The Bertz CT molecular complexity index is 1160. The summed E-state index contributed by atoms with van der Waals surface area (Å²) in [6.45, 7) is 7.57. The van der Waals surface area contributed by atoms with E-state index in [-0.39, 0.29) is 11.6 Å². The van der Waals surface area contributed by atoms with Gasteiger partial charge in [0.15, 0.2) is 0 Å². The lowest BCUT2D eigenvalue weighted by molar-refractivity contribution is -0.137. The van der Waals surface area contributed by atoms with Crippen molar-refractivity contribution in [3.8, 4) is 11.8 Å². The first kappa shape index (κ1) is 27.3. The van der Waals surface area contributed by atoms with Crippen LogP contribution in [0.3, 0.4) is 0 Å². The topological polar surface area (TPSA) is 59.8 Å². The van der Waals surface area contributed by atoms with Crippen molar-refractivity contribution in [1.82, 2.24) is 9.80 Å². The Labute approximate surface area is 221 Å². The highest BCUT2D eigenvalue weighted by Gasteiger charge is 2.51. The molecule has 0 aromatic heterocycles. The van der Waals surface area contributed by atoms with Crippen LogP contribution in [0.25, 0.3) is 0 Å². The van der Waals surface area contributed by atoms with Crippen molar-refractivity contribution < 1.29 is 22.7 Å². The van der Waals surface area contributed by atoms with Crippen LogP contribution in [0.15, 0.2) is 42.5 Å². The molecule has 2 aliphatic heterocycles. The van der Waals surface area contributed by atoms with Crippen molar-refractivity contribution >= 4 is 24.2 Å². The molecular formula is C27H31F3N4O2S. The zero-order valence-electron chi connectivity index (χ0n) is 21.0. The summed E-state index contributed by atoms with van der Waals surface area (Å²) < 4.78 is 46.3. The second-order valence-electron chi connectivity index (χ2n) is 9.94. The number of anilines is 1. The van der Waals surface area contributed by atoms with Gasteiger partial charge >= 0.3 is 6.18 Å². The van der Waals surface area contributed by atoms with Gasteiger partial charge in [-0.2, -0.15) is 18.4 Å². The number of carbonyl (C=O) groups excluding carboxylic acids is 1. The third-order valence-corrected chi connectivity index (χ3v) is 7.53. The lowest BCUT2D eigenvalue weighted by atomic mass is 10.0. The van der Waals surface area contributed by atoms with E-state index >= 15 is 0 Å². The molecule has 4 rings (SSSR count). The third-order valence-electron chi connectivity index (χ3n) is 7.02. The Morgan fingerprint density at radius 3 is 2.43 bits per heavy atom. The molecule has 0 N–H and O–H groups in total. The van der Waals surface area contributed by atoms with Crippen LogP contribution in [-0.2, 0) is 17.5 Å². The van der Waals surface area contributed by atoms with Crippen LogP contribution in [0.2, 0.25) is 0 Å². The number of likely N-dealkylation sites (tertiary alicyclic amines) is 1. The average Bonchev–Trinajstić information content (AvgIpc) is 3.42. The number of carbonyl (C=O) groups is 1. The van der Waals surface area contributed by atoms with Gasteiger partial charge in [-0.15, -0.1) is 12.6 Å². The number of amides is 1. The lowest BCUT2D eigenvalue weighted by Gasteiger charge is -2.31. The molecule has 6 nitrogen and oxygen atoms in total. The van der Waals surface area contributed by atoms with Gasteiger partial charge in [-0.3, -0.25) is 19.5 Å². The predicted octanol–water partition coefficient (Wildman–Crippen LogP) is 5.28. The van der Waals surface area contributed by atoms with E-state index in [4.69, 9.17) is 10.00 Å². The van der Waals surface area contributed by atoms with E-state index in [0.717, 1.165) is 37.5 Å². The molecule has 0 saturated carbocycles. The summed E-state index contributed by atoms with van der Waals surface area (Å²) in [4.78, 5) is 18.8.